The molecule has 1 heterocycles. The molecule has 1 aliphatic carbocycles. The molecule has 0 fully saturated rings. The monoisotopic (exact) mass is 615 g/mol. The number of hydrogen-bond acceptors (Lipinski definition) is 2. The maximum atomic E-state index is 6.80. The molecule has 0 saturated heterocycles. The number of anilines is 3. The molecule has 7 aromatic carbocycles. The van der Waals surface area contributed by atoms with Crippen LogP contribution in [0, 0.1) is 0 Å². The molecule has 9 rings (SSSR count). The van der Waals surface area contributed by atoms with Gasteiger partial charge in [-0.3, -0.25) is 0 Å². The minimum absolute atomic E-state index is 0.899. The van der Waals surface area contributed by atoms with E-state index in [0.717, 1.165) is 51.8 Å². The predicted octanol–water partition coefficient (Wildman–Crippen LogP) is 13.0. The summed E-state index contributed by atoms with van der Waals surface area (Å²) < 4.78 is 6.80. The second-order valence-corrected chi connectivity index (χ2v) is 12.4. The van der Waals surface area contributed by atoms with Crippen LogP contribution in [-0.2, 0) is 6.42 Å². The third kappa shape index (κ3) is 4.90. The van der Waals surface area contributed by atoms with Crippen molar-refractivity contribution < 1.29 is 4.42 Å². The summed E-state index contributed by atoms with van der Waals surface area (Å²) in [5.74, 6) is 0. The third-order valence-corrected chi connectivity index (χ3v) is 9.54. The van der Waals surface area contributed by atoms with Crippen LogP contribution < -0.4 is 4.90 Å². The minimum Gasteiger partial charge on any atom is -0.456 e. The molecule has 0 unspecified atom stereocenters. The van der Waals surface area contributed by atoms with Gasteiger partial charge >= 0.3 is 0 Å². The van der Waals surface area contributed by atoms with E-state index in [0.29, 0.717) is 0 Å². The molecule has 1 aromatic heterocycles. The Bertz CT molecular complexity index is 2320. The number of allylic oxidation sites excluding steroid dienone is 1. The number of fused-ring (bicyclic) bond motifs is 5. The fraction of sp³-hybridized carbons (Fsp3) is 0.0435. The first kappa shape index (κ1) is 28.1. The molecule has 48 heavy (non-hydrogen) atoms. The zero-order valence-corrected chi connectivity index (χ0v) is 26.5. The van der Waals surface area contributed by atoms with Crippen LogP contribution >= 0.6 is 0 Å². The highest BCUT2D eigenvalue weighted by molar-refractivity contribution is 6.16. The molecule has 0 atom stereocenters. The van der Waals surface area contributed by atoms with Crippen molar-refractivity contribution in [3.05, 3.63) is 181 Å². The summed E-state index contributed by atoms with van der Waals surface area (Å²) >= 11 is 0. The van der Waals surface area contributed by atoms with Crippen molar-refractivity contribution in [2.45, 2.75) is 12.8 Å². The smallest absolute Gasteiger partial charge is 0.139 e. The maximum absolute atomic E-state index is 6.80. The van der Waals surface area contributed by atoms with Gasteiger partial charge in [0, 0.05) is 22.3 Å². The van der Waals surface area contributed by atoms with Crippen LogP contribution in [0.1, 0.15) is 17.5 Å². The molecular formula is C46H33NO. The molecule has 228 valence electrons. The van der Waals surface area contributed by atoms with Gasteiger partial charge in [-0.05, 0) is 94.3 Å². The first-order chi connectivity index (χ1) is 23.8. The lowest BCUT2D eigenvalue weighted by atomic mass is 9.87. The van der Waals surface area contributed by atoms with Crippen molar-refractivity contribution in [3.63, 3.8) is 0 Å². The summed E-state index contributed by atoms with van der Waals surface area (Å²) in [4.78, 5) is 2.38. The highest BCUT2D eigenvalue weighted by atomic mass is 16.3. The standard InChI is InChI=1S/C46H33NO/c1-4-13-32(14-5-1)34-23-27-37(28-24-34)47(38-29-25-35(26-30-38)33-15-6-2-7-16-33)43-21-12-22-44-45(43)42-31-41(36-17-8-3-9-18-36)39-19-10-11-20-40(39)46(42)48-44/h1-10,12-19,21-31H,11,20H2. The SMILES string of the molecule is C1=Cc2c(-c3ccccc3)cc3c(oc4cccc(N(c5ccc(-c6ccccc6)cc5)c5ccc(-c6ccccc6)cc5)c43)c2CC1. The van der Waals surface area contributed by atoms with Gasteiger partial charge in [0.25, 0.3) is 0 Å². The minimum atomic E-state index is 0.899. The van der Waals surface area contributed by atoms with Gasteiger partial charge in [0.2, 0.25) is 0 Å². The first-order valence-electron chi connectivity index (χ1n) is 16.7. The van der Waals surface area contributed by atoms with Crippen molar-refractivity contribution in [2.24, 2.45) is 0 Å². The van der Waals surface area contributed by atoms with Crippen molar-refractivity contribution in [1.29, 1.82) is 0 Å². The van der Waals surface area contributed by atoms with E-state index >= 15 is 0 Å². The van der Waals surface area contributed by atoms with E-state index in [9.17, 15) is 0 Å². The van der Waals surface area contributed by atoms with Gasteiger partial charge in [0.15, 0.2) is 0 Å². The number of furan rings is 1. The van der Waals surface area contributed by atoms with E-state index in [2.05, 4.69) is 181 Å². The summed E-state index contributed by atoms with van der Waals surface area (Å²) in [6.07, 6.45) is 6.54. The molecule has 8 aromatic rings. The highest BCUT2D eigenvalue weighted by Crippen LogP contribution is 2.47. The number of benzene rings is 7. The van der Waals surface area contributed by atoms with Gasteiger partial charge in [0.1, 0.15) is 11.2 Å². The van der Waals surface area contributed by atoms with Gasteiger partial charge in [-0.25, -0.2) is 0 Å². The molecule has 0 aliphatic heterocycles. The van der Waals surface area contributed by atoms with Crippen LogP contribution in [0.25, 0.3) is 61.4 Å². The first-order valence-corrected chi connectivity index (χ1v) is 16.7. The van der Waals surface area contributed by atoms with Crippen LogP contribution in [0.15, 0.2) is 174 Å². The van der Waals surface area contributed by atoms with Crippen molar-refractivity contribution >= 4 is 45.1 Å². The van der Waals surface area contributed by atoms with Crippen LogP contribution in [0.4, 0.5) is 17.1 Å². The van der Waals surface area contributed by atoms with Crippen LogP contribution in [-0.4, -0.2) is 0 Å². The quantitative estimate of drug-likeness (QED) is 0.185. The molecular weight excluding hydrogens is 583 g/mol. The van der Waals surface area contributed by atoms with Crippen LogP contribution in [0.5, 0.6) is 0 Å². The molecule has 0 saturated carbocycles. The molecule has 0 spiro atoms. The van der Waals surface area contributed by atoms with Crippen molar-refractivity contribution in [2.75, 3.05) is 4.90 Å². The highest BCUT2D eigenvalue weighted by Gasteiger charge is 2.24. The molecule has 0 N–H and O–H groups in total. The fourth-order valence-corrected chi connectivity index (χ4v) is 7.23. The van der Waals surface area contributed by atoms with Gasteiger partial charge < -0.3 is 9.32 Å². The van der Waals surface area contributed by atoms with Crippen molar-refractivity contribution in [1.82, 2.24) is 0 Å². The zero-order valence-electron chi connectivity index (χ0n) is 26.5. The molecule has 1 aliphatic rings. The topological polar surface area (TPSA) is 16.4 Å². The van der Waals surface area contributed by atoms with E-state index in [4.69, 9.17) is 4.42 Å². The Morgan fingerprint density at radius 1 is 0.500 bits per heavy atom. The number of hydrogen-bond donors (Lipinski definition) is 0. The number of aryl methyl sites for hydroxylation is 1. The third-order valence-electron chi connectivity index (χ3n) is 9.54. The zero-order chi connectivity index (χ0) is 31.9. The predicted molar refractivity (Wildman–Crippen MR) is 202 cm³/mol. The Morgan fingerprint density at radius 2 is 1.04 bits per heavy atom. The summed E-state index contributed by atoms with van der Waals surface area (Å²) in [6.45, 7) is 0. The molecule has 0 amide bonds. The maximum Gasteiger partial charge on any atom is 0.139 e. The van der Waals surface area contributed by atoms with Gasteiger partial charge in [-0.15, -0.1) is 0 Å². The molecule has 2 heteroatoms. The molecule has 2 nitrogen and oxygen atoms in total. The Balaban J connectivity index is 1.27. The normalized spacial score (nSPS) is 12.3. The average Bonchev–Trinajstić information content (AvgIpc) is 3.56. The summed E-state index contributed by atoms with van der Waals surface area (Å²) in [7, 11) is 0. The van der Waals surface area contributed by atoms with Gasteiger partial charge in [-0.2, -0.15) is 0 Å². The second-order valence-electron chi connectivity index (χ2n) is 12.4. The van der Waals surface area contributed by atoms with E-state index in [1.54, 1.807) is 0 Å². The summed E-state index contributed by atoms with van der Waals surface area (Å²) in [5, 5.41) is 2.28. The van der Waals surface area contributed by atoms with E-state index in [1.165, 1.54) is 44.5 Å². The second kappa shape index (κ2) is 11.9. The Kier molecular flexibility index (Phi) is 6.98. The summed E-state index contributed by atoms with van der Waals surface area (Å²) in [5.41, 5.74) is 15.0. The summed E-state index contributed by atoms with van der Waals surface area (Å²) in [6, 6.07) is 58.5. The fourth-order valence-electron chi connectivity index (χ4n) is 7.23. The lowest BCUT2D eigenvalue weighted by Crippen LogP contribution is -2.10. The van der Waals surface area contributed by atoms with Crippen LogP contribution in [0.3, 0.4) is 0 Å². The number of nitrogens with zero attached hydrogens (tertiary/aromatic N) is 1. The Morgan fingerprint density at radius 3 is 1.62 bits per heavy atom. The number of rotatable bonds is 6. The average molecular weight is 616 g/mol. The lowest BCUT2D eigenvalue weighted by molar-refractivity contribution is 0.661. The van der Waals surface area contributed by atoms with E-state index in [-0.39, 0.29) is 0 Å². The van der Waals surface area contributed by atoms with Crippen LogP contribution in [0.2, 0.25) is 0 Å². The lowest BCUT2D eigenvalue weighted by Gasteiger charge is -2.27. The Hall–Kier alpha value is -6.12. The molecule has 0 radical (unpaired) electrons. The Labute approximate surface area is 280 Å². The van der Waals surface area contributed by atoms with Gasteiger partial charge in [0.05, 0.1) is 11.1 Å². The van der Waals surface area contributed by atoms with Gasteiger partial charge in [-0.1, -0.05) is 133 Å². The van der Waals surface area contributed by atoms with E-state index in [1.807, 2.05) is 0 Å². The van der Waals surface area contributed by atoms with Crippen molar-refractivity contribution in [3.8, 4) is 33.4 Å². The van der Waals surface area contributed by atoms with E-state index < -0.39 is 0 Å². The largest absolute Gasteiger partial charge is 0.456 e. The molecule has 0 bridgehead atoms.